The van der Waals surface area contributed by atoms with E-state index < -0.39 is 17.8 Å². The summed E-state index contributed by atoms with van der Waals surface area (Å²) in [6, 6.07) is 14.4. The molecule has 3 rings (SSSR count). The van der Waals surface area contributed by atoms with Crippen molar-refractivity contribution in [3.8, 4) is 0 Å². The monoisotopic (exact) mass is 360 g/mol. The third-order valence-corrected chi connectivity index (χ3v) is 4.35. The number of benzene rings is 2. The lowest BCUT2D eigenvalue weighted by Crippen LogP contribution is -2.27. The third kappa shape index (κ3) is 4.07. The van der Waals surface area contributed by atoms with E-state index in [-0.39, 0.29) is 12.3 Å². The molecule has 0 saturated heterocycles. The third-order valence-electron chi connectivity index (χ3n) is 4.35. The smallest absolute Gasteiger partial charge is 0.350 e. The topological polar surface area (TPSA) is 34.0 Å². The number of rotatable bonds is 5. The Bertz CT molecular complexity index is 915. The van der Waals surface area contributed by atoms with E-state index in [1.807, 2.05) is 41.1 Å². The van der Waals surface area contributed by atoms with Crippen LogP contribution in [0, 0.1) is 0 Å². The average Bonchev–Trinajstić information content (AvgIpc) is 3.02. The van der Waals surface area contributed by atoms with Crippen molar-refractivity contribution in [1.82, 2.24) is 9.88 Å². The summed E-state index contributed by atoms with van der Waals surface area (Å²) in [7, 11) is 0. The molecule has 1 atom stereocenters. The molecule has 0 saturated carbocycles. The van der Waals surface area contributed by atoms with E-state index in [2.05, 4.69) is 5.32 Å². The summed E-state index contributed by atoms with van der Waals surface area (Å²) < 4.78 is 40.4. The van der Waals surface area contributed by atoms with Crippen molar-refractivity contribution in [2.75, 3.05) is 0 Å². The molecular weight excluding hydrogens is 341 g/mol. The number of aromatic nitrogens is 1. The summed E-state index contributed by atoms with van der Waals surface area (Å²) in [5.74, 6) is -0.201. The molecule has 26 heavy (non-hydrogen) atoms. The van der Waals surface area contributed by atoms with Gasteiger partial charge < -0.3 is 9.88 Å². The maximum absolute atomic E-state index is 12.8. The summed E-state index contributed by atoms with van der Waals surface area (Å²) in [6.45, 7) is 2.19. The van der Waals surface area contributed by atoms with Gasteiger partial charge in [0.25, 0.3) is 0 Å². The van der Waals surface area contributed by atoms with Gasteiger partial charge in [-0.3, -0.25) is 4.79 Å². The number of carbonyl (C=O) groups is 1. The zero-order valence-electron chi connectivity index (χ0n) is 14.3. The van der Waals surface area contributed by atoms with Crippen LogP contribution >= 0.6 is 0 Å². The summed E-state index contributed by atoms with van der Waals surface area (Å²) in [5.41, 5.74) is 0.765. The summed E-state index contributed by atoms with van der Waals surface area (Å²) in [5, 5.41) is 3.87. The zero-order valence-corrected chi connectivity index (χ0v) is 14.3. The molecule has 1 N–H and O–H groups in total. The number of hydrogen-bond donors (Lipinski definition) is 1. The second-order valence-corrected chi connectivity index (χ2v) is 6.23. The maximum Gasteiger partial charge on any atom is 0.416 e. The minimum Gasteiger partial charge on any atom is -0.350 e. The van der Waals surface area contributed by atoms with Gasteiger partial charge in [0.1, 0.15) is 0 Å². The van der Waals surface area contributed by atoms with Crippen LogP contribution in [0.15, 0.2) is 60.8 Å². The van der Waals surface area contributed by atoms with Crippen molar-refractivity contribution in [3.63, 3.8) is 0 Å². The second kappa shape index (κ2) is 7.23. The Morgan fingerprint density at radius 2 is 1.88 bits per heavy atom. The van der Waals surface area contributed by atoms with Crippen molar-refractivity contribution in [3.05, 3.63) is 71.9 Å². The van der Waals surface area contributed by atoms with Gasteiger partial charge in [-0.2, -0.15) is 13.2 Å². The number of nitrogens with zero attached hydrogens (tertiary/aromatic N) is 1. The Hall–Kier alpha value is -2.76. The van der Waals surface area contributed by atoms with Crippen LogP contribution in [0.5, 0.6) is 0 Å². The number of carbonyl (C=O) groups excluding carboxylic acids is 1. The number of alkyl halides is 3. The Kier molecular flexibility index (Phi) is 5.02. The Morgan fingerprint density at radius 1 is 1.12 bits per heavy atom. The molecule has 0 fully saturated rings. The van der Waals surface area contributed by atoms with E-state index in [0.29, 0.717) is 12.1 Å². The van der Waals surface area contributed by atoms with Crippen molar-refractivity contribution in [2.24, 2.45) is 0 Å². The number of hydrogen-bond acceptors (Lipinski definition) is 1. The molecule has 1 unspecified atom stereocenters. The van der Waals surface area contributed by atoms with Gasteiger partial charge >= 0.3 is 6.18 Å². The van der Waals surface area contributed by atoms with Gasteiger partial charge in [0.2, 0.25) is 5.91 Å². The number of aryl methyl sites for hydroxylation is 1. The van der Waals surface area contributed by atoms with Gasteiger partial charge in [-0.15, -0.1) is 0 Å². The predicted octanol–water partition coefficient (Wildman–Crippen LogP) is 4.93. The van der Waals surface area contributed by atoms with E-state index in [1.165, 1.54) is 6.07 Å². The number of para-hydroxylation sites is 1. The van der Waals surface area contributed by atoms with Crippen molar-refractivity contribution in [1.29, 1.82) is 0 Å². The van der Waals surface area contributed by atoms with E-state index in [9.17, 15) is 18.0 Å². The molecule has 136 valence electrons. The number of fused-ring (bicyclic) bond motifs is 1. The number of nitrogens with one attached hydrogen (secondary N) is 1. The van der Waals surface area contributed by atoms with Gasteiger partial charge in [0.15, 0.2) is 0 Å². The average molecular weight is 360 g/mol. The highest BCUT2D eigenvalue weighted by molar-refractivity contribution is 5.80. The highest BCUT2D eigenvalue weighted by atomic mass is 19.4. The molecule has 1 aromatic heterocycles. The zero-order chi connectivity index (χ0) is 18.7. The first kappa shape index (κ1) is 18.0. The molecule has 0 bridgehead atoms. The van der Waals surface area contributed by atoms with E-state index >= 15 is 0 Å². The molecule has 3 nitrogen and oxygen atoms in total. The fourth-order valence-electron chi connectivity index (χ4n) is 2.94. The molecule has 2 aromatic carbocycles. The van der Waals surface area contributed by atoms with Crippen LogP contribution in [0.2, 0.25) is 0 Å². The van der Waals surface area contributed by atoms with Crippen molar-refractivity contribution in [2.45, 2.75) is 32.1 Å². The summed E-state index contributed by atoms with van der Waals surface area (Å²) in [6.07, 6.45) is -2.22. The Morgan fingerprint density at radius 3 is 2.65 bits per heavy atom. The SMILES string of the molecule is CC(NC(=O)CCn1ccc2ccccc21)c1cccc(C(F)(F)F)c1. The lowest BCUT2D eigenvalue weighted by Gasteiger charge is -2.16. The van der Waals surface area contributed by atoms with Gasteiger partial charge in [0.05, 0.1) is 11.6 Å². The van der Waals surface area contributed by atoms with Crippen LogP contribution in [-0.4, -0.2) is 10.5 Å². The quantitative estimate of drug-likeness (QED) is 0.688. The van der Waals surface area contributed by atoms with Crippen molar-refractivity contribution >= 4 is 16.8 Å². The normalized spacial score (nSPS) is 12.9. The molecule has 0 aliphatic rings. The van der Waals surface area contributed by atoms with Crippen molar-refractivity contribution < 1.29 is 18.0 Å². The minimum absolute atomic E-state index is 0.201. The van der Waals surface area contributed by atoms with Crippen LogP contribution in [0.25, 0.3) is 10.9 Å². The highest BCUT2D eigenvalue weighted by Gasteiger charge is 2.30. The van der Waals surface area contributed by atoms with E-state index in [1.54, 1.807) is 13.0 Å². The van der Waals surface area contributed by atoms with E-state index in [0.717, 1.165) is 23.0 Å². The Labute approximate surface area is 149 Å². The highest BCUT2D eigenvalue weighted by Crippen LogP contribution is 2.30. The van der Waals surface area contributed by atoms with Gasteiger partial charge in [-0.1, -0.05) is 30.3 Å². The van der Waals surface area contributed by atoms with Crippen LogP contribution < -0.4 is 5.32 Å². The standard InChI is InChI=1S/C20H19F3N2O/c1-14(16-6-4-7-17(13-16)20(21,22)23)24-19(26)10-12-25-11-9-15-5-2-3-8-18(15)25/h2-9,11,13-14H,10,12H2,1H3,(H,24,26). The first-order chi connectivity index (χ1) is 12.3. The lowest BCUT2D eigenvalue weighted by molar-refractivity contribution is -0.137. The second-order valence-electron chi connectivity index (χ2n) is 6.23. The van der Waals surface area contributed by atoms with Crippen LogP contribution in [0.1, 0.15) is 30.5 Å². The summed E-state index contributed by atoms with van der Waals surface area (Å²) in [4.78, 5) is 12.2. The molecule has 0 spiro atoms. The lowest BCUT2D eigenvalue weighted by atomic mass is 10.0. The minimum atomic E-state index is -4.39. The number of halogens is 3. The predicted molar refractivity (Wildman–Crippen MR) is 94.6 cm³/mol. The van der Waals surface area contributed by atoms with E-state index in [4.69, 9.17) is 0 Å². The fraction of sp³-hybridized carbons (Fsp3) is 0.250. The molecular formula is C20H19F3N2O. The molecule has 6 heteroatoms. The molecule has 3 aromatic rings. The van der Waals surface area contributed by atoms with Crippen LogP contribution in [-0.2, 0) is 17.5 Å². The van der Waals surface area contributed by atoms with Gasteiger partial charge in [0, 0.05) is 24.7 Å². The first-order valence-corrected chi connectivity index (χ1v) is 8.35. The first-order valence-electron chi connectivity index (χ1n) is 8.35. The van der Waals surface area contributed by atoms with Crippen LogP contribution in [0.3, 0.4) is 0 Å². The van der Waals surface area contributed by atoms with Gasteiger partial charge in [-0.05, 0) is 42.1 Å². The molecule has 0 aliphatic carbocycles. The molecule has 0 radical (unpaired) electrons. The largest absolute Gasteiger partial charge is 0.416 e. The Balaban J connectivity index is 1.61. The number of amides is 1. The van der Waals surface area contributed by atoms with Gasteiger partial charge in [-0.25, -0.2) is 0 Å². The molecule has 1 amide bonds. The molecule has 1 heterocycles. The summed E-state index contributed by atoms with van der Waals surface area (Å²) >= 11 is 0. The van der Waals surface area contributed by atoms with Crippen LogP contribution in [0.4, 0.5) is 13.2 Å². The fourth-order valence-corrected chi connectivity index (χ4v) is 2.94. The molecule has 0 aliphatic heterocycles. The maximum atomic E-state index is 12.8.